The smallest absolute Gasteiger partial charge is 0.321 e. The van der Waals surface area contributed by atoms with Gasteiger partial charge in [0, 0.05) is 19.4 Å². The molecule has 96 valence electrons. The number of nitrogens with one attached hydrogen (secondary N) is 2. The molecule has 3 N–H and O–H groups in total. The maximum absolute atomic E-state index is 11.2. The van der Waals surface area contributed by atoms with Gasteiger partial charge in [-0.1, -0.05) is 6.92 Å². The first kappa shape index (κ1) is 13.5. The van der Waals surface area contributed by atoms with Gasteiger partial charge in [0.1, 0.15) is 0 Å². The van der Waals surface area contributed by atoms with Crippen LogP contribution in [0.3, 0.4) is 0 Å². The lowest BCUT2D eigenvalue weighted by atomic mass is 10.2. The molecule has 1 saturated carbocycles. The number of carboxylic acids is 1. The lowest BCUT2D eigenvalue weighted by Gasteiger charge is -2.05. The highest BCUT2D eigenvalue weighted by Gasteiger charge is 2.32. The zero-order chi connectivity index (χ0) is 12.8. The van der Waals surface area contributed by atoms with Crippen LogP contribution in [0.15, 0.2) is 0 Å². The standard InChI is InChI=1S/C11H18N2O4/c1-7-5-8(7)6-12-11(17)13-9(14)3-2-4-10(15)16/h7-8H,2-6H2,1H3,(H,15,16)(H2,12,13,14,17). The average molecular weight is 242 g/mol. The van der Waals surface area contributed by atoms with Crippen LogP contribution in [-0.2, 0) is 9.59 Å². The van der Waals surface area contributed by atoms with Crippen molar-refractivity contribution in [3.05, 3.63) is 0 Å². The summed E-state index contributed by atoms with van der Waals surface area (Å²) in [6, 6.07) is -0.496. The molecule has 0 aromatic heterocycles. The zero-order valence-electron chi connectivity index (χ0n) is 9.86. The van der Waals surface area contributed by atoms with Gasteiger partial charge in [-0.2, -0.15) is 0 Å². The van der Waals surface area contributed by atoms with Gasteiger partial charge in [-0.15, -0.1) is 0 Å². The molecular formula is C11H18N2O4. The predicted molar refractivity (Wildman–Crippen MR) is 60.3 cm³/mol. The first-order chi connectivity index (χ1) is 7.99. The fourth-order valence-electron chi connectivity index (χ4n) is 1.54. The van der Waals surface area contributed by atoms with Crippen LogP contribution in [0, 0.1) is 11.8 Å². The maximum Gasteiger partial charge on any atom is 0.321 e. The molecular weight excluding hydrogens is 224 g/mol. The van der Waals surface area contributed by atoms with E-state index in [4.69, 9.17) is 5.11 Å². The van der Waals surface area contributed by atoms with Crippen LogP contribution in [0.4, 0.5) is 4.79 Å². The third kappa shape index (κ3) is 5.89. The SMILES string of the molecule is CC1CC1CNC(=O)NC(=O)CCCC(=O)O. The van der Waals surface area contributed by atoms with Crippen LogP contribution >= 0.6 is 0 Å². The molecule has 0 saturated heterocycles. The van der Waals surface area contributed by atoms with Crippen LogP contribution in [0.5, 0.6) is 0 Å². The second kappa shape index (κ2) is 6.22. The third-order valence-electron chi connectivity index (χ3n) is 2.85. The van der Waals surface area contributed by atoms with E-state index in [-0.39, 0.29) is 19.3 Å². The van der Waals surface area contributed by atoms with Crippen LogP contribution in [0.1, 0.15) is 32.6 Å². The van der Waals surface area contributed by atoms with Crippen molar-refractivity contribution in [2.24, 2.45) is 11.8 Å². The largest absolute Gasteiger partial charge is 0.481 e. The summed E-state index contributed by atoms with van der Waals surface area (Å²) < 4.78 is 0. The Labute approximate surface area is 99.8 Å². The number of imide groups is 1. The number of carbonyl (C=O) groups excluding carboxylic acids is 2. The highest BCUT2D eigenvalue weighted by Crippen LogP contribution is 2.36. The van der Waals surface area contributed by atoms with Gasteiger partial charge in [0.25, 0.3) is 0 Å². The first-order valence-electron chi connectivity index (χ1n) is 5.78. The van der Waals surface area contributed by atoms with Crippen molar-refractivity contribution in [1.29, 1.82) is 0 Å². The Bertz CT molecular complexity index is 317. The van der Waals surface area contributed by atoms with Crippen LogP contribution in [-0.4, -0.2) is 29.6 Å². The summed E-state index contributed by atoms with van der Waals surface area (Å²) in [6.07, 6.45) is 1.36. The molecule has 0 radical (unpaired) electrons. The molecule has 1 aliphatic carbocycles. The summed E-state index contributed by atoms with van der Waals surface area (Å²) in [6.45, 7) is 2.71. The molecule has 0 aliphatic heterocycles. The Kier molecular flexibility index (Phi) is 4.93. The number of hydrogen-bond acceptors (Lipinski definition) is 3. The number of hydrogen-bond donors (Lipinski definition) is 3. The Hall–Kier alpha value is -1.59. The van der Waals surface area contributed by atoms with Crippen LogP contribution < -0.4 is 10.6 Å². The number of urea groups is 1. The van der Waals surface area contributed by atoms with Crippen molar-refractivity contribution in [3.8, 4) is 0 Å². The quantitative estimate of drug-likeness (QED) is 0.639. The van der Waals surface area contributed by atoms with Gasteiger partial charge < -0.3 is 10.4 Å². The summed E-state index contributed by atoms with van der Waals surface area (Å²) in [5.74, 6) is -0.193. The second-order valence-electron chi connectivity index (χ2n) is 4.48. The molecule has 1 fully saturated rings. The lowest BCUT2D eigenvalue weighted by Crippen LogP contribution is -2.40. The second-order valence-corrected chi connectivity index (χ2v) is 4.48. The normalized spacial score (nSPS) is 21.7. The van der Waals surface area contributed by atoms with Crippen molar-refractivity contribution >= 4 is 17.9 Å². The van der Waals surface area contributed by atoms with Crippen LogP contribution in [0.2, 0.25) is 0 Å². The fraction of sp³-hybridized carbons (Fsp3) is 0.727. The van der Waals surface area contributed by atoms with Crippen LogP contribution in [0.25, 0.3) is 0 Å². The predicted octanol–water partition coefficient (Wildman–Crippen LogP) is 0.723. The van der Waals surface area contributed by atoms with Crippen molar-refractivity contribution in [1.82, 2.24) is 10.6 Å². The summed E-state index contributed by atoms with van der Waals surface area (Å²) >= 11 is 0. The Morgan fingerprint density at radius 1 is 1.29 bits per heavy atom. The first-order valence-corrected chi connectivity index (χ1v) is 5.78. The highest BCUT2D eigenvalue weighted by atomic mass is 16.4. The van der Waals surface area contributed by atoms with E-state index in [0.29, 0.717) is 18.4 Å². The van der Waals surface area contributed by atoms with Crippen molar-refractivity contribution in [2.75, 3.05) is 6.54 Å². The molecule has 1 rings (SSSR count). The number of amides is 3. The fourth-order valence-corrected chi connectivity index (χ4v) is 1.54. The van der Waals surface area contributed by atoms with E-state index in [2.05, 4.69) is 17.6 Å². The number of aliphatic carboxylic acids is 1. The Balaban J connectivity index is 2.04. The van der Waals surface area contributed by atoms with Gasteiger partial charge in [0.2, 0.25) is 5.91 Å². The molecule has 0 bridgehead atoms. The average Bonchev–Trinajstić information content (AvgIpc) is 2.91. The molecule has 2 unspecified atom stereocenters. The van der Waals surface area contributed by atoms with E-state index in [1.54, 1.807) is 0 Å². The van der Waals surface area contributed by atoms with E-state index in [0.717, 1.165) is 6.42 Å². The van der Waals surface area contributed by atoms with E-state index >= 15 is 0 Å². The third-order valence-corrected chi connectivity index (χ3v) is 2.85. The summed E-state index contributed by atoms with van der Waals surface area (Å²) in [4.78, 5) is 32.6. The van der Waals surface area contributed by atoms with E-state index < -0.39 is 17.9 Å². The Morgan fingerprint density at radius 3 is 2.47 bits per heavy atom. The van der Waals surface area contributed by atoms with E-state index in [1.165, 1.54) is 0 Å². The highest BCUT2D eigenvalue weighted by molar-refractivity contribution is 5.94. The molecule has 0 aromatic carbocycles. The summed E-state index contributed by atoms with van der Waals surface area (Å²) in [7, 11) is 0. The van der Waals surface area contributed by atoms with Crippen molar-refractivity contribution in [3.63, 3.8) is 0 Å². The van der Waals surface area contributed by atoms with Gasteiger partial charge in [-0.05, 0) is 24.7 Å². The molecule has 3 amide bonds. The lowest BCUT2D eigenvalue weighted by molar-refractivity contribution is -0.137. The van der Waals surface area contributed by atoms with E-state index in [9.17, 15) is 14.4 Å². The topological polar surface area (TPSA) is 95.5 Å². The molecule has 0 heterocycles. The molecule has 0 spiro atoms. The molecule has 17 heavy (non-hydrogen) atoms. The minimum absolute atomic E-state index is 0.0551. The molecule has 1 aliphatic rings. The van der Waals surface area contributed by atoms with Crippen molar-refractivity contribution < 1.29 is 19.5 Å². The number of carbonyl (C=O) groups is 3. The van der Waals surface area contributed by atoms with Gasteiger partial charge in [0.15, 0.2) is 0 Å². The van der Waals surface area contributed by atoms with Gasteiger partial charge in [-0.3, -0.25) is 14.9 Å². The van der Waals surface area contributed by atoms with Gasteiger partial charge in [-0.25, -0.2) is 4.79 Å². The maximum atomic E-state index is 11.2. The summed E-state index contributed by atoms with van der Waals surface area (Å²) in [5, 5.41) is 13.2. The number of carboxylic acid groups (broad SMARTS) is 1. The monoisotopic (exact) mass is 242 g/mol. The molecule has 6 nitrogen and oxygen atoms in total. The molecule has 6 heteroatoms. The Morgan fingerprint density at radius 2 is 1.94 bits per heavy atom. The molecule has 2 atom stereocenters. The summed E-state index contributed by atoms with van der Waals surface area (Å²) in [5.41, 5.74) is 0. The minimum Gasteiger partial charge on any atom is -0.481 e. The van der Waals surface area contributed by atoms with Crippen molar-refractivity contribution in [2.45, 2.75) is 32.6 Å². The van der Waals surface area contributed by atoms with Gasteiger partial charge >= 0.3 is 12.0 Å². The minimum atomic E-state index is -0.940. The number of rotatable bonds is 6. The van der Waals surface area contributed by atoms with E-state index in [1.807, 2.05) is 0 Å². The zero-order valence-corrected chi connectivity index (χ0v) is 9.86. The molecule has 0 aromatic rings. The van der Waals surface area contributed by atoms with Gasteiger partial charge in [0.05, 0.1) is 0 Å².